The van der Waals surface area contributed by atoms with Gasteiger partial charge in [-0.15, -0.1) is 0 Å². The second kappa shape index (κ2) is 6.77. The van der Waals surface area contributed by atoms with Crippen LogP contribution in [0.2, 0.25) is 0 Å². The molecule has 3 rings (SSSR count). The predicted molar refractivity (Wildman–Crippen MR) is 95.9 cm³/mol. The molecule has 1 aromatic heterocycles. The molecule has 1 aromatic rings. The lowest BCUT2D eigenvalue weighted by molar-refractivity contribution is -0.160. The summed E-state index contributed by atoms with van der Waals surface area (Å²) in [6.45, 7) is 7.38. The van der Waals surface area contributed by atoms with Crippen molar-refractivity contribution >= 4 is 17.3 Å². The first-order valence-corrected chi connectivity index (χ1v) is 9.23. The number of hydrogen-bond donors (Lipinski definition) is 1. The van der Waals surface area contributed by atoms with Gasteiger partial charge in [0.1, 0.15) is 11.4 Å². The van der Waals surface area contributed by atoms with Crippen LogP contribution in [0.3, 0.4) is 0 Å². The number of nitrogens with one attached hydrogen (secondary N) is 1. The lowest BCUT2D eigenvalue weighted by Gasteiger charge is -2.26. The highest BCUT2D eigenvalue weighted by molar-refractivity contribution is 5.79. The van der Waals surface area contributed by atoms with Crippen molar-refractivity contribution in [2.75, 3.05) is 0 Å². The summed E-state index contributed by atoms with van der Waals surface area (Å²) in [6.07, 6.45) is 7.08. The van der Waals surface area contributed by atoms with Crippen LogP contribution in [-0.4, -0.2) is 27.6 Å². The van der Waals surface area contributed by atoms with E-state index in [1.807, 2.05) is 20.8 Å². The van der Waals surface area contributed by atoms with Crippen molar-refractivity contribution < 1.29 is 14.3 Å². The van der Waals surface area contributed by atoms with E-state index in [9.17, 15) is 9.59 Å². The monoisotopic (exact) mass is 344 g/mol. The summed E-state index contributed by atoms with van der Waals surface area (Å²) >= 11 is 0. The number of allylic oxidation sites excluding steroid dienone is 2. The van der Waals surface area contributed by atoms with Crippen LogP contribution in [0.4, 0.5) is 0 Å². The molecule has 0 amide bonds. The van der Waals surface area contributed by atoms with Crippen LogP contribution in [0.5, 0.6) is 0 Å². The van der Waals surface area contributed by atoms with Gasteiger partial charge >= 0.3 is 5.97 Å². The molecule has 2 unspecified atom stereocenters. The highest BCUT2D eigenvalue weighted by Gasteiger charge is 2.30. The first-order valence-electron chi connectivity index (χ1n) is 9.23. The Labute approximate surface area is 149 Å². The quantitative estimate of drug-likeness (QED) is 0.850. The zero-order valence-electron chi connectivity index (χ0n) is 15.6. The Morgan fingerprint density at radius 1 is 1.20 bits per heavy atom. The van der Waals surface area contributed by atoms with E-state index in [-0.39, 0.29) is 23.6 Å². The summed E-state index contributed by atoms with van der Waals surface area (Å²) in [7, 11) is 0. The molecule has 2 aliphatic carbocycles. The largest absolute Gasteiger partial charge is 0.460 e. The maximum absolute atomic E-state index is 12.2. The average molecular weight is 344 g/mol. The molecular weight excluding hydrogens is 316 g/mol. The third kappa shape index (κ3) is 4.02. The SMILES string of the molecule is CC(=O)C1CCc2c(C3=CCC(C(=O)OC(C)(C)C)CC3)n[nH]c2C1. The minimum Gasteiger partial charge on any atom is -0.460 e. The molecule has 0 bridgehead atoms. The lowest BCUT2D eigenvalue weighted by atomic mass is 9.82. The van der Waals surface area contributed by atoms with Gasteiger partial charge in [-0.2, -0.15) is 5.10 Å². The van der Waals surface area contributed by atoms with E-state index < -0.39 is 5.60 Å². The number of hydrogen-bond acceptors (Lipinski definition) is 4. The number of carbonyl (C=O) groups is 2. The van der Waals surface area contributed by atoms with Gasteiger partial charge in [-0.1, -0.05) is 6.08 Å². The molecule has 136 valence electrons. The fourth-order valence-electron chi connectivity index (χ4n) is 3.77. The van der Waals surface area contributed by atoms with Gasteiger partial charge in [0.15, 0.2) is 0 Å². The second-order valence-corrected chi connectivity index (χ2v) is 8.31. The van der Waals surface area contributed by atoms with Gasteiger partial charge in [0.25, 0.3) is 0 Å². The van der Waals surface area contributed by atoms with Crippen LogP contribution in [0.15, 0.2) is 6.08 Å². The molecule has 0 spiro atoms. The van der Waals surface area contributed by atoms with Crippen LogP contribution in [0, 0.1) is 11.8 Å². The first-order chi connectivity index (χ1) is 11.7. The summed E-state index contributed by atoms with van der Waals surface area (Å²) < 4.78 is 5.51. The first kappa shape index (κ1) is 17.9. The van der Waals surface area contributed by atoms with Gasteiger partial charge in [0.05, 0.1) is 11.6 Å². The molecule has 2 atom stereocenters. The van der Waals surface area contributed by atoms with Crippen molar-refractivity contribution in [1.29, 1.82) is 0 Å². The number of ketones is 1. The average Bonchev–Trinajstić information content (AvgIpc) is 2.96. The van der Waals surface area contributed by atoms with Gasteiger partial charge in [-0.3, -0.25) is 14.7 Å². The van der Waals surface area contributed by atoms with Gasteiger partial charge in [0.2, 0.25) is 0 Å². The number of esters is 1. The fourth-order valence-corrected chi connectivity index (χ4v) is 3.77. The van der Waals surface area contributed by atoms with Crippen LogP contribution < -0.4 is 0 Å². The standard InChI is InChI=1S/C20H28N2O3/c1-12(23)15-9-10-16-17(11-15)21-22-18(16)13-5-7-14(8-6-13)19(24)25-20(2,3)4/h5,14-15H,6-11H2,1-4H3,(H,21,22). The van der Waals surface area contributed by atoms with Crippen molar-refractivity contribution in [1.82, 2.24) is 10.2 Å². The van der Waals surface area contributed by atoms with Crippen molar-refractivity contribution in [3.05, 3.63) is 23.0 Å². The van der Waals surface area contributed by atoms with E-state index in [1.165, 1.54) is 11.1 Å². The lowest BCUT2D eigenvalue weighted by Crippen LogP contribution is -2.29. The van der Waals surface area contributed by atoms with Gasteiger partial charge in [-0.05, 0) is 71.8 Å². The van der Waals surface area contributed by atoms with Crippen molar-refractivity contribution in [2.45, 2.75) is 71.8 Å². The molecule has 5 heteroatoms. The summed E-state index contributed by atoms with van der Waals surface area (Å²) in [5.74, 6) is 0.229. The molecule has 0 aromatic carbocycles. The summed E-state index contributed by atoms with van der Waals surface area (Å²) in [4.78, 5) is 23.9. The molecule has 0 saturated heterocycles. The Morgan fingerprint density at radius 2 is 1.92 bits per heavy atom. The predicted octanol–water partition coefficient (Wildman–Crippen LogP) is 3.63. The van der Waals surface area contributed by atoms with Crippen LogP contribution in [-0.2, 0) is 27.2 Å². The van der Waals surface area contributed by atoms with Crippen molar-refractivity contribution in [3.63, 3.8) is 0 Å². The molecule has 25 heavy (non-hydrogen) atoms. The van der Waals surface area contributed by atoms with Crippen molar-refractivity contribution in [3.8, 4) is 0 Å². The van der Waals surface area contributed by atoms with Gasteiger partial charge in [0, 0.05) is 17.2 Å². The maximum atomic E-state index is 12.2. The smallest absolute Gasteiger partial charge is 0.309 e. The summed E-state index contributed by atoms with van der Waals surface area (Å²) in [6, 6.07) is 0. The maximum Gasteiger partial charge on any atom is 0.309 e. The van der Waals surface area contributed by atoms with Gasteiger partial charge in [-0.25, -0.2) is 0 Å². The molecule has 0 fully saturated rings. The summed E-state index contributed by atoms with van der Waals surface area (Å²) in [5.41, 5.74) is 4.20. The van der Waals surface area contributed by atoms with Crippen LogP contribution in [0.1, 0.15) is 70.3 Å². The van der Waals surface area contributed by atoms with E-state index in [0.29, 0.717) is 6.42 Å². The van der Waals surface area contributed by atoms with E-state index in [0.717, 1.165) is 43.5 Å². The number of Topliss-reactive ketones (excluding diaryl/α,β-unsaturated/α-hetero) is 1. The van der Waals surface area contributed by atoms with Crippen LogP contribution >= 0.6 is 0 Å². The minimum atomic E-state index is -0.435. The number of ether oxygens (including phenoxy) is 1. The topological polar surface area (TPSA) is 72.1 Å². The molecule has 5 nitrogen and oxygen atoms in total. The number of rotatable bonds is 3. The normalized spacial score (nSPS) is 23.6. The number of aromatic nitrogens is 2. The zero-order valence-corrected chi connectivity index (χ0v) is 15.6. The van der Waals surface area contributed by atoms with Crippen LogP contribution in [0.25, 0.3) is 5.57 Å². The highest BCUT2D eigenvalue weighted by Crippen LogP contribution is 2.36. The Balaban J connectivity index is 1.69. The molecule has 0 saturated carbocycles. The molecule has 0 radical (unpaired) electrons. The Bertz CT molecular complexity index is 709. The Morgan fingerprint density at radius 3 is 2.52 bits per heavy atom. The number of aromatic amines is 1. The second-order valence-electron chi connectivity index (χ2n) is 8.31. The Hall–Kier alpha value is -1.91. The number of nitrogens with zero attached hydrogens (tertiary/aromatic N) is 1. The van der Waals surface area contributed by atoms with Gasteiger partial charge < -0.3 is 4.74 Å². The number of fused-ring (bicyclic) bond motifs is 1. The minimum absolute atomic E-state index is 0.0557. The molecule has 1 N–H and O–H groups in total. The van der Waals surface area contributed by atoms with Crippen molar-refractivity contribution in [2.24, 2.45) is 11.8 Å². The van der Waals surface area contributed by atoms with E-state index in [4.69, 9.17) is 4.74 Å². The zero-order chi connectivity index (χ0) is 18.2. The number of carbonyl (C=O) groups excluding carboxylic acids is 2. The third-order valence-electron chi connectivity index (χ3n) is 5.18. The Kier molecular flexibility index (Phi) is 4.85. The van der Waals surface area contributed by atoms with E-state index in [1.54, 1.807) is 6.92 Å². The number of H-pyrrole nitrogens is 1. The molecular formula is C20H28N2O3. The third-order valence-corrected chi connectivity index (χ3v) is 5.18. The summed E-state index contributed by atoms with van der Waals surface area (Å²) in [5, 5.41) is 7.66. The molecule has 2 aliphatic rings. The fraction of sp³-hybridized carbons (Fsp3) is 0.650. The highest BCUT2D eigenvalue weighted by atomic mass is 16.6. The molecule has 1 heterocycles. The van der Waals surface area contributed by atoms with E-state index in [2.05, 4.69) is 16.3 Å². The molecule has 0 aliphatic heterocycles. The van der Waals surface area contributed by atoms with E-state index >= 15 is 0 Å².